The molecule has 2 N–H and O–H groups in total. The first-order valence-electron chi connectivity index (χ1n) is 5.72. The van der Waals surface area contributed by atoms with E-state index in [1.807, 2.05) is 0 Å². The van der Waals surface area contributed by atoms with Crippen LogP contribution in [0.4, 0.5) is 13.2 Å². The van der Waals surface area contributed by atoms with Crippen molar-refractivity contribution in [3.8, 4) is 0 Å². The number of nitrogens with two attached hydrogens (primary N) is 1. The summed E-state index contributed by atoms with van der Waals surface area (Å²) in [7, 11) is 0. The van der Waals surface area contributed by atoms with Crippen molar-refractivity contribution in [2.75, 3.05) is 0 Å². The number of aromatic nitrogens is 1. The number of hydrogen-bond acceptors (Lipinski definition) is 3. The molecule has 2 rings (SSSR count). The molecule has 0 saturated carbocycles. The van der Waals surface area contributed by atoms with Gasteiger partial charge in [-0.1, -0.05) is 12.1 Å². The van der Waals surface area contributed by atoms with E-state index < -0.39 is 11.7 Å². The van der Waals surface area contributed by atoms with Gasteiger partial charge in [0.15, 0.2) is 5.89 Å². The van der Waals surface area contributed by atoms with Crippen LogP contribution in [-0.2, 0) is 12.6 Å². The van der Waals surface area contributed by atoms with Crippen LogP contribution < -0.4 is 5.73 Å². The summed E-state index contributed by atoms with van der Waals surface area (Å²) < 4.78 is 42.6. The van der Waals surface area contributed by atoms with E-state index in [-0.39, 0.29) is 6.04 Å². The first-order valence-corrected chi connectivity index (χ1v) is 5.72. The highest BCUT2D eigenvalue weighted by Gasteiger charge is 2.29. The zero-order chi connectivity index (χ0) is 14.0. The fraction of sp³-hybridized carbons (Fsp3) is 0.308. The number of nitrogens with zero attached hydrogens (tertiary/aromatic N) is 1. The van der Waals surface area contributed by atoms with E-state index in [2.05, 4.69) is 4.98 Å². The van der Waals surface area contributed by atoms with Crippen LogP contribution >= 0.6 is 0 Å². The second kappa shape index (κ2) is 5.05. The van der Waals surface area contributed by atoms with Crippen LogP contribution in [0.1, 0.15) is 35.7 Å². The average molecular weight is 270 g/mol. The quantitative estimate of drug-likeness (QED) is 0.931. The Morgan fingerprint density at radius 2 is 1.89 bits per heavy atom. The molecule has 2 aromatic rings. The molecule has 102 valence electrons. The molecular formula is C13H13F3N2O. The summed E-state index contributed by atoms with van der Waals surface area (Å²) in [6.07, 6.45) is -2.45. The number of alkyl halides is 3. The van der Waals surface area contributed by atoms with E-state index in [9.17, 15) is 13.2 Å². The molecule has 0 radical (unpaired) electrons. The summed E-state index contributed by atoms with van der Waals surface area (Å²) in [5.41, 5.74) is 5.66. The molecule has 0 fully saturated rings. The lowest BCUT2D eigenvalue weighted by Gasteiger charge is -2.06. The Kier molecular flexibility index (Phi) is 3.61. The summed E-state index contributed by atoms with van der Waals surface area (Å²) in [5, 5.41) is 0. The number of oxazole rings is 1. The molecule has 0 aliphatic rings. The van der Waals surface area contributed by atoms with Crippen molar-refractivity contribution in [1.82, 2.24) is 4.98 Å². The van der Waals surface area contributed by atoms with Gasteiger partial charge >= 0.3 is 6.18 Å². The Morgan fingerprint density at radius 1 is 1.26 bits per heavy atom. The van der Waals surface area contributed by atoms with Gasteiger partial charge in [0.2, 0.25) is 0 Å². The second-order valence-corrected chi connectivity index (χ2v) is 4.32. The summed E-state index contributed by atoms with van der Waals surface area (Å²) >= 11 is 0. The molecule has 1 heterocycles. The normalized spacial score (nSPS) is 13.5. The van der Waals surface area contributed by atoms with Crippen LogP contribution in [0.15, 0.2) is 34.9 Å². The Hall–Kier alpha value is -1.82. The molecule has 0 spiro atoms. The predicted molar refractivity (Wildman–Crippen MR) is 63.4 cm³/mol. The van der Waals surface area contributed by atoms with E-state index >= 15 is 0 Å². The minimum atomic E-state index is -4.32. The van der Waals surface area contributed by atoms with Crippen molar-refractivity contribution < 1.29 is 17.6 Å². The van der Waals surface area contributed by atoms with Crippen molar-refractivity contribution in [2.45, 2.75) is 25.6 Å². The molecule has 1 unspecified atom stereocenters. The fourth-order valence-corrected chi connectivity index (χ4v) is 1.60. The van der Waals surface area contributed by atoms with Crippen LogP contribution in [0.25, 0.3) is 0 Å². The molecule has 0 bridgehead atoms. The number of benzene rings is 1. The molecule has 1 atom stereocenters. The molecular weight excluding hydrogens is 257 g/mol. The van der Waals surface area contributed by atoms with Gasteiger partial charge in [-0.25, -0.2) is 4.98 Å². The number of rotatable bonds is 3. The number of halogens is 3. The van der Waals surface area contributed by atoms with Gasteiger partial charge in [0.1, 0.15) is 5.76 Å². The molecule has 1 aromatic heterocycles. The molecule has 0 amide bonds. The van der Waals surface area contributed by atoms with Gasteiger partial charge in [-0.15, -0.1) is 0 Å². The third-order valence-corrected chi connectivity index (χ3v) is 2.66. The van der Waals surface area contributed by atoms with Crippen molar-refractivity contribution in [2.24, 2.45) is 5.73 Å². The van der Waals surface area contributed by atoms with Gasteiger partial charge in [0, 0.05) is 6.42 Å². The first-order chi connectivity index (χ1) is 8.86. The van der Waals surface area contributed by atoms with Crippen molar-refractivity contribution in [3.05, 3.63) is 53.2 Å². The van der Waals surface area contributed by atoms with Crippen LogP contribution in [0.3, 0.4) is 0 Å². The van der Waals surface area contributed by atoms with E-state index in [1.165, 1.54) is 18.3 Å². The first kappa shape index (κ1) is 13.6. The van der Waals surface area contributed by atoms with Gasteiger partial charge in [0.25, 0.3) is 0 Å². The number of hydrogen-bond donors (Lipinski definition) is 1. The summed E-state index contributed by atoms with van der Waals surface area (Å²) in [4.78, 5) is 4.04. The summed E-state index contributed by atoms with van der Waals surface area (Å²) in [5.74, 6) is 0.994. The topological polar surface area (TPSA) is 52.0 Å². The molecule has 0 saturated heterocycles. The lowest BCUT2D eigenvalue weighted by molar-refractivity contribution is -0.137. The van der Waals surface area contributed by atoms with Gasteiger partial charge in [-0.05, 0) is 24.6 Å². The molecule has 19 heavy (non-hydrogen) atoms. The minimum Gasteiger partial charge on any atom is -0.444 e. The van der Waals surface area contributed by atoms with E-state index in [0.29, 0.717) is 23.6 Å². The predicted octanol–water partition coefficient (Wildman–Crippen LogP) is 3.30. The Morgan fingerprint density at radius 3 is 2.37 bits per heavy atom. The highest BCUT2D eigenvalue weighted by molar-refractivity contribution is 5.26. The van der Waals surface area contributed by atoms with Crippen LogP contribution in [0.2, 0.25) is 0 Å². The minimum absolute atomic E-state index is 0.256. The lowest BCUT2D eigenvalue weighted by Crippen LogP contribution is -2.04. The molecule has 0 aliphatic heterocycles. The van der Waals surface area contributed by atoms with Crippen LogP contribution in [-0.4, -0.2) is 4.98 Å². The zero-order valence-electron chi connectivity index (χ0n) is 10.2. The Bertz CT molecular complexity index is 544. The third kappa shape index (κ3) is 3.35. The monoisotopic (exact) mass is 270 g/mol. The smallest absolute Gasteiger partial charge is 0.416 e. The van der Waals surface area contributed by atoms with E-state index in [1.54, 1.807) is 6.92 Å². The van der Waals surface area contributed by atoms with E-state index in [0.717, 1.165) is 12.1 Å². The largest absolute Gasteiger partial charge is 0.444 e. The highest BCUT2D eigenvalue weighted by atomic mass is 19.4. The molecule has 3 nitrogen and oxygen atoms in total. The summed E-state index contributed by atoms with van der Waals surface area (Å²) in [6.45, 7) is 1.77. The fourth-order valence-electron chi connectivity index (χ4n) is 1.60. The molecule has 6 heteroatoms. The zero-order valence-corrected chi connectivity index (χ0v) is 10.2. The molecule has 0 aliphatic carbocycles. The third-order valence-electron chi connectivity index (χ3n) is 2.66. The highest BCUT2D eigenvalue weighted by Crippen LogP contribution is 2.29. The van der Waals surface area contributed by atoms with Crippen LogP contribution in [0.5, 0.6) is 0 Å². The standard InChI is InChI=1S/C13H13F3N2O/c1-8(17)11-7-18-12(19-11)6-9-2-4-10(5-3-9)13(14,15)16/h2-5,7-8H,6,17H2,1H3. The maximum absolute atomic E-state index is 12.4. The van der Waals surface area contributed by atoms with Crippen molar-refractivity contribution >= 4 is 0 Å². The SMILES string of the molecule is CC(N)c1cnc(Cc2ccc(C(F)(F)F)cc2)o1. The Labute approximate surface area is 108 Å². The Balaban J connectivity index is 2.11. The lowest BCUT2D eigenvalue weighted by atomic mass is 10.1. The van der Waals surface area contributed by atoms with Crippen molar-refractivity contribution in [1.29, 1.82) is 0 Å². The average Bonchev–Trinajstić information content (AvgIpc) is 2.77. The second-order valence-electron chi connectivity index (χ2n) is 4.32. The van der Waals surface area contributed by atoms with Gasteiger partial charge in [-0.3, -0.25) is 0 Å². The van der Waals surface area contributed by atoms with E-state index in [4.69, 9.17) is 10.2 Å². The maximum atomic E-state index is 12.4. The maximum Gasteiger partial charge on any atom is 0.416 e. The summed E-state index contributed by atoms with van der Waals surface area (Å²) in [6, 6.07) is 4.67. The van der Waals surface area contributed by atoms with Gasteiger partial charge in [-0.2, -0.15) is 13.2 Å². The van der Waals surface area contributed by atoms with Crippen molar-refractivity contribution in [3.63, 3.8) is 0 Å². The molecule has 1 aromatic carbocycles. The van der Waals surface area contributed by atoms with Gasteiger partial charge < -0.3 is 10.2 Å². The van der Waals surface area contributed by atoms with Gasteiger partial charge in [0.05, 0.1) is 17.8 Å². The van der Waals surface area contributed by atoms with Crippen LogP contribution in [0, 0.1) is 0 Å².